The van der Waals surface area contributed by atoms with Gasteiger partial charge in [0.25, 0.3) is 5.69 Å². The Kier molecular flexibility index (Phi) is 2.87. The molecular weight excluding hydrogens is 236 g/mol. The lowest BCUT2D eigenvalue weighted by Gasteiger charge is -2.04. The molecule has 1 N–H and O–H groups in total. The Morgan fingerprint density at radius 3 is 2.62 bits per heavy atom. The van der Waals surface area contributed by atoms with Gasteiger partial charge < -0.3 is 5.32 Å². The fourth-order valence-corrected chi connectivity index (χ4v) is 1.36. The Morgan fingerprint density at radius 1 is 1.54 bits per heavy atom. The molecule has 1 aromatic rings. The molecule has 0 spiro atoms. The average molecular weight is 245 g/mol. The summed E-state index contributed by atoms with van der Waals surface area (Å²) in [4.78, 5) is 10.2. The Labute approximate surface area is 84.2 Å². The molecule has 0 unspecified atom stereocenters. The van der Waals surface area contributed by atoms with E-state index in [0.717, 1.165) is 10.0 Å². The zero-order chi connectivity index (χ0) is 10.0. The Bertz CT molecular complexity index is 352. The van der Waals surface area contributed by atoms with Crippen molar-refractivity contribution >= 4 is 27.3 Å². The molecule has 5 heteroatoms. The molecule has 4 nitrogen and oxygen atoms in total. The molecule has 0 aliphatic carbocycles. The predicted molar refractivity (Wildman–Crippen MR) is 55.1 cm³/mol. The van der Waals surface area contributed by atoms with Crippen LogP contribution in [0.4, 0.5) is 11.4 Å². The van der Waals surface area contributed by atoms with Crippen LogP contribution in [0.25, 0.3) is 0 Å². The number of anilines is 1. The van der Waals surface area contributed by atoms with Crippen molar-refractivity contribution in [1.82, 2.24) is 0 Å². The number of nitrogens with zero attached hydrogens (tertiary/aromatic N) is 1. The van der Waals surface area contributed by atoms with Gasteiger partial charge in [-0.3, -0.25) is 10.1 Å². The highest BCUT2D eigenvalue weighted by molar-refractivity contribution is 9.10. The summed E-state index contributed by atoms with van der Waals surface area (Å²) in [7, 11) is 1.66. The van der Waals surface area contributed by atoms with Crippen LogP contribution >= 0.6 is 15.9 Å². The van der Waals surface area contributed by atoms with Crippen molar-refractivity contribution in [1.29, 1.82) is 0 Å². The lowest BCUT2D eigenvalue weighted by atomic mass is 10.2. The first-order valence-corrected chi connectivity index (χ1v) is 4.48. The first-order valence-electron chi connectivity index (χ1n) is 3.68. The number of nitro benzene ring substituents is 1. The lowest BCUT2D eigenvalue weighted by molar-refractivity contribution is -0.384. The highest BCUT2D eigenvalue weighted by Gasteiger charge is 2.14. The summed E-state index contributed by atoms with van der Waals surface area (Å²) in [5.74, 6) is 0. The van der Waals surface area contributed by atoms with E-state index in [4.69, 9.17) is 0 Å². The van der Waals surface area contributed by atoms with E-state index in [9.17, 15) is 10.1 Å². The van der Waals surface area contributed by atoms with E-state index >= 15 is 0 Å². The van der Waals surface area contributed by atoms with Crippen LogP contribution in [0.5, 0.6) is 0 Å². The highest BCUT2D eigenvalue weighted by atomic mass is 79.9. The molecule has 0 amide bonds. The normalized spacial score (nSPS) is 9.77. The predicted octanol–water partition coefficient (Wildman–Crippen LogP) is 2.71. The minimum Gasteiger partial charge on any atom is -0.383 e. The zero-order valence-corrected chi connectivity index (χ0v) is 8.88. The summed E-state index contributed by atoms with van der Waals surface area (Å²) in [6, 6.07) is 3.24. The van der Waals surface area contributed by atoms with Crippen molar-refractivity contribution in [3.8, 4) is 0 Å². The molecule has 1 aromatic carbocycles. The fraction of sp³-hybridized carbons (Fsp3) is 0.250. The summed E-state index contributed by atoms with van der Waals surface area (Å²) in [5, 5.41) is 13.4. The molecule has 0 saturated heterocycles. The largest absolute Gasteiger partial charge is 0.383 e. The second-order valence-corrected chi connectivity index (χ2v) is 3.48. The molecule has 0 heterocycles. The maximum Gasteiger partial charge on any atom is 0.292 e. The lowest BCUT2D eigenvalue weighted by Crippen LogP contribution is -1.97. The van der Waals surface area contributed by atoms with E-state index in [0.29, 0.717) is 5.69 Å². The number of rotatable bonds is 2. The van der Waals surface area contributed by atoms with Crippen molar-refractivity contribution in [3.63, 3.8) is 0 Å². The molecule has 0 aromatic heterocycles. The number of nitrogens with one attached hydrogen (secondary N) is 1. The summed E-state index contributed by atoms with van der Waals surface area (Å²) in [5.41, 5.74) is 1.47. The third-order valence-electron chi connectivity index (χ3n) is 1.74. The van der Waals surface area contributed by atoms with Gasteiger partial charge in [-0.05, 0) is 18.6 Å². The van der Waals surface area contributed by atoms with Crippen molar-refractivity contribution in [2.75, 3.05) is 12.4 Å². The van der Waals surface area contributed by atoms with E-state index < -0.39 is 4.92 Å². The third kappa shape index (κ3) is 1.98. The number of hydrogen-bond acceptors (Lipinski definition) is 3. The van der Waals surface area contributed by atoms with Crippen LogP contribution in [0.1, 0.15) is 5.56 Å². The van der Waals surface area contributed by atoms with E-state index in [1.807, 2.05) is 6.92 Å². The van der Waals surface area contributed by atoms with E-state index in [1.54, 1.807) is 13.1 Å². The summed E-state index contributed by atoms with van der Waals surface area (Å²) >= 11 is 3.31. The number of halogens is 1. The van der Waals surface area contributed by atoms with Gasteiger partial charge in [0.15, 0.2) is 0 Å². The average Bonchev–Trinajstić information content (AvgIpc) is 2.08. The van der Waals surface area contributed by atoms with Crippen LogP contribution in [0.2, 0.25) is 0 Å². The minimum absolute atomic E-state index is 0.100. The monoisotopic (exact) mass is 244 g/mol. The van der Waals surface area contributed by atoms with Gasteiger partial charge in [0.05, 0.1) is 4.92 Å². The van der Waals surface area contributed by atoms with E-state index in [2.05, 4.69) is 21.2 Å². The molecule has 13 heavy (non-hydrogen) atoms. The first kappa shape index (κ1) is 9.98. The second-order valence-electron chi connectivity index (χ2n) is 2.63. The van der Waals surface area contributed by atoms with Crippen molar-refractivity contribution < 1.29 is 4.92 Å². The van der Waals surface area contributed by atoms with Gasteiger partial charge in [-0.1, -0.05) is 15.9 Å². The van der Waals surface area contributed by atoms with Gasteiger partial charge in [-0.2, -0.15) is 0 Å². The van der Waals surface area contributed by atoms with Crippen LogP contribution in [0, 0.1) is 17.0 Å². The molecule has 0 saturated carbocycles. The highest BCUT2D eigenvalue weighted by Crippen LogP contribution is 2.30. The van der Waals surface area contributed by atoms with Gasteiger partial charge in [0.1, 0.15) is 5.69 Å². The second kappa shape index (κ2) is 3.74. The molecule has 0 bridgehead atoms. The van der Waals surface area contributed by atoms with Crippen LogP contribution in [0.3, 0.4) is 0 Å². The number of nitro groups is 1. The van der Waals surface area contributed by atoms with Crippen molar-refractivity contribution in [2.24, 2.45) is 0 Å². The summed E-state index contributed by atoms with van der Waals surface area (Å²) < 4.78 is 0.863. The first-order chi connectivity index (χ1) is 6.06. The van der Waals surface area contributed by atoms with Gasteiger partial charge in [0.2, 0.25) is 0 Å². The van der Waals surface area contributed by atoms with Crippen LogP contribution in [-0.2, 0) is 0 Å². The number of hydrogen-bond donors (Lipinski definition) is 1. The quantitative estimate of drug-likeness (QED) is 0.643. The van der Waals surface area contributed by atoms with Gasteiger partial charge in [-0.25, -0.2) is 0 Å². The van der Waals surface area contributed by atoms with Crippen LogP contribution in [-0.4, -0.2) is 12.0 Å². The van der Waals surface area contributed by atoms with Crippen molar-refractivity contribution in [2.45, 2.75) is 6.92 Å². The zero-order valence-electron chi connectivity index (χ0n) is 7.30. The number of benzene rings is 1. The topological polar surface area (TPSA) is 55.2 Å². The molecule has 0 atom stereocenters. The Hall–Kier alpha value is -1.10. The fourth-order valence-electron chi connectivity index (χ4n) is 1.02. The molecule has 70 valence electrons. The van der Waals surface area contributed by atoms with E-state index in [1.165, 1.54) is 6.07 Å². The molecule has 0 fully saturated rings. The maximum absolute atomic E-state index is 10.6. The molecule has 1 rings (SSSR count). The molecule has 0 aliphatic rings. The van der Waals surface area contributed by atoms with Gasteiger partial charge in [-0.15, -0.1) is 0 Å². The molecule has 0 radical (unpaired) electrons. The summed E-state index contributed by atoms with van der Waals surface area (Å²) in [6.45, 7) is 1.82. The molecular formula is C8H9BrN2O2. The van der Waals surface area contributed by atoms with E-state index in [-0.39, 0.29) is 5.69 Å². The third-order valence-corrected chi connectivity index (χ3v) is 2.60. The Morgan fingerprint density at radius 2 is 2.15 bits per heavy atom. The van der Waals surface area contributed by atoms with Gasteiger partial charge >= 0.3 is 0 Å². The minimum atomic E-state index is -0.398. The SMILES string of the molecule is CNc1cc(Br)c(C)cc1[N+](=O)[O-]. The Balaban J connectivity index is 3.33. The van der Waals surface area contributed by atoms with Crippen LogP contribution < -0.4 is 5.32 Å². The van der Waals surface area contributed by atoms with Gasteiger partial charge in [0, 0.05) is 17.6 Å². The smallest absolute Gasteiger partial charge is 0.292 e. The standard InChI is InChI=1S/C8H9BrN2O2/c1-5-3-8(11(12)13)7(10-2)4-6(5)9/h3-4,10H,1-2H3. The molecule has 0 aliphatic heterocycles. The van der Waals surface area contributed by atoms with Crippen molar-refractivity contribution in [3.05, 3.63) is 32.3 Å². The summed E-state index contributed by atoms with van der Waals surface area (Å²) in [6.07, 6.45) is 0. The van der Waals surface area contributed by atoms with Crippen LogP contribution in [0.15, 0.2) is 16.6 Å². The number of aryl methyl sites for hydroxylation is 1. The maximum atomic E-state index is 10.6.